The lowest BCUT2D eigenvalue weighted by Gasteiger charge is -2.26. The summed E-state index contributed by atoms with van der Waals surface area (Å²) in [4.78, 5) is 12.1. The van der Waals surface area contributed by atoms with Gasteiger partial charge in [-0.15, -0.1) is 0 Å². The Balaban J connectivity index is 1.92. The van der Waals surface area contributed by atoms with Crippen LogP contribution in [0.4, 0.5) is 0 Å². The van der Waals surface area contributed by atoms with Gasteiger partial charge in [-0.3, -0.25) is 4.79 Å². The van der Waals surface area contributed by atoms with Crippen molar-refractivity contribution in [2.45, 2.75) is 32.6 Å². The molecule has 3 nitrogen and oxygen atoms in total. The van der Waals surface area contributed by atoms with E-state index in [1.54, 1.807) is 7.11 Å². The molecule has 122 valence electrons. The highest BCUT2D eigenvalue weighted by atomic mass is 16.5. The molecule has 0 heterocycles. The molecule has 1 amide bonds. The quantitative estimate of drug-likeness (QED) is 0.884. The average molecular weight is 311 g/mol. The van der Waals surface area contributed by atoms with Gasteiger partial charge >= 0.3 is 0 Å². The third kappa shape index (κ3) is 4.85. The number of hydrogen-bond acceptors (Lipinski definition) is 2. The van der Waals surface area contributed by atoms with Crippen LogP contribution >= 0.6 is 0 Å². The SMILES string of the molecule is COc1ccc(C(C)(C)CNC(=O)Cc2ccc(C)cc2)cc1. The van der Waals surface area contributed by atoms with E-state index in [9.17, 15) is 4.79 Å². The summed E-state index contributed by atoms with van der Waals surface area (Å²) in [6, 6.07) is 16.1. The smallest absolute Gasteiger partial charge is 0.224 e. The maximum Gasteiger partial charge on any atom is 0.224 e. The van der Waals surface area contributed by atoms with Gasteiger partial charge in [-0.05, 0) is 30.2 Å². The van der Waals surface area contributed by atoms with E-state index < -0.39 is 0 Å². The maximum absolute atomic E-state index is 12.1. The van der Waals surface area contributed by atoms with Crippen molar-refractivity contribution >= 4 is 5.91 Å². The first-order valence-electron chi connectivity index (χ1n) is 7.87. The lowest BCUT2D eigenvalue weighted by atomic mass is 9.84. The summed E-state index contributed by atoms with van der Waals surface area (Å²) >= 11 is 0. The topological polar surface area (TPSA) is 38.3 Å². The van der Waals surface area contributed by atoms with Gasteiger partial charge < -0.3 is 10.1 Å². The highest BCUT2D eigenvalue weighted by molar-refractivity contribution is 5.78. The number of aryl methyl sites for hydroxylation is 1. The molecule has 0 unspecified atom stereocenters. The van der Waals surface area contributed by atoms with Crippen LogP contribution in [-0.4, -0.2) is 19.6 Å². The highest BCUT2D eigenvalue weighted by Gasteiger charge is 2.21. The number of amides is 1. The largest absolute Gasteiger partial charge is 0.497 e. The Labute approximate surface area is 138 Å². The molecule has 0 aliphatic carbocycles. The minimum absolute atomic E-state index is 0.0513. The molecule has 0 radical (unpaired) electrons. The van der Waals surface area contributed by atoms with Gasteiger partial charge in [0.15, 0.2) is 0 Å². The van der Waals surface area contributed by atoms with E-state index in [1.807, 2.05) is 55.5 Å². The van der Waals surface area contributed by atoms with Crippen LogP contribution in [0.15, 0.2) is 48.5 Å². The summed E-state index contributed by atoms with van der Waals surface area (Å²) in [5, 5.41) is 3.04. The summed E-state index contributed by atoms with van der Waals surface area (Å²) in [6.45, 7) is 6.90. The second kappa shape index (κ2) is 7.32. The summed E-state index contributed by atoms with van der Waals surface area (Å²) in [5.74, 6) is 0.892. The van der Waals surface area contributed by atoms with Crippen LogP contribution in [0.5, 0.6) is 5.75 Å². The van der Waals surface area contributed by atoms with Gasteiger partial charge in [0.25, 0.3) is 0 Å². The molecule has 0 atom stereocenters. The van der Waals surface area contributed by atoms with Gasteiger partial charge in [0, 0.05) is 12.0 Å². The van der Waals surface area contributed by atoms with E-state index in [0.717, 1.165) is 11.3 Å². The fraction of sp³-hybridized carbons (Fsp3) is 0.350. The molecular weight excluding hydrogens is 286 g/mol. The minimum Gasteiger partial charge on any atom is -0.497 e. The molecule has 1 N–H and O–H groups in total. The molecule has 23 heavy (non-hydrogen) atoms. The van der Waals surface area contributed by atoms with Crippen molar-refractivity contribution in [2.24, 2.45) is 0 Å². The summed E-state index contributed by atoms with van der Waals surface area (Å²) in [6.07, 6.45) is 0.416. The normalized spacial score (nSPS) is 11.1. The fourth-order valence-electron chi connectivity index (χ4n) is 2.42. The number of hydrogen-bond donors (Lipinski definition) is 1. The molecule has 0 aromatic heterocycles. The van der Waals surface area contributed by atoms with Crippen LogP contribution in [0.1, 0.15) is 30.5 Å². The van der Waals surface area contributed by atoms with Gasteiger partial charge in [0.05, 0.1) is 13.5 Å². The van der Waals surface area contributed by atoms with E-state index in [4.69, 9.17) is 4.74 Å². The van der Waals surface area contributed by atoms with Gasteiger partial charge in [0.2, 0.25) is 5.91 Å². The Morgan fingerprint density at radius 2 is 1.65 bits per heavy atom. The Kier molecular flexibility index (Phi) is 5.43. The molecule has 2 rings (SSSR count). The number of methoxy groups -OCH3 is 1. The predicted molar refractivity (Wildman–Crippen MR) is 93.9 cm³/mol. The highest BCUT2D eigenvalue weighted by Crippen LogP contribution is 2.24. The van der Waals surface area contributed by atoms with E-state index in [1.165, 1.54) is 11.1 Å². The molecule has 0 fully saturated rings. The molecule has 2 aromatic rings. The molecule has 2 aromatic carbocycles. The van der Waals surface area contributed by atoms with Gasteiger partial charge in [0.1, 0.15) is 5.75 Å². The van der Waals surface area contributed by atoms with E-state index in [-0.39, 0.29) is 11.3 Å². The van der Waals surface area contributed by atoms with Gasteiger partial charge in [-0.25, -0.2) is 0 Å². The lowest BCUT2D eigenvalue weighted by Crippen LogP contribution is -2.37. The van der Waals surface area contributed by atoms with Gasteiger partial charge in [-0.2, -0.15) is 0 Å². The van der Waals surface area contributed by atoms with Crippen molar-refractivity contribution in [1.82, 2.24) is 5.32 Å². The zero-order valence-corrected chi connectivity index (χ0v) is 14.3. The van der Waals surface area contributed by atoms with E-state index in [0.29, 0.717) is 13.0 Å². The fourth-order valence-corrected chi connectivity index (χ4v) is 2.42. The van der Waals surface area contributed by atoms with Crippen LogP contribution in [0.3, 0.4) is 0 Å². The number of carbonyl (C=O) groups excluding carboxylic acids is 1. The molecular formula is C20H25NO2. The number of carbonyl (C=O) groups is 1. The van der Waals surface area contributed by atoms with Crippen LogP contribution in [0.2, 0.25) is 0 Å². The molecule has 0 saturated carbocycles. The molecule has 0 spiro atoms. The first-order chi connectivity index (χ1) is 10.9. The van der Waals surface area contributed by atoms with Crippen molar-refractivity contribution in [3.63, 3.8) is 0 Å². The van der Waals surface area contributed by atoms with Crippen molar-refractivity contribution in [3.05, 3.63) is 65.2 Å². The number of rotatable bonds is 6. The Bertz CT molecular complexity index is 642. The van der Waals surface area contributed by atoms with Crippen molar-refractivity contribution in [3.8, 4) is 5.75 Å². The lowest BCUT2D eigenvalue weighted by molar-refractivity contribution is -0.120. The average Bonchev–Trinajstić information content (AvgIpc) is 2.55. The summed E-state index contributed by atoms with van der Waals surface area (Å²) in [5.41, 5.74) is 3.29. The maximum atomic E-state index is 12.1. The zero-order valence-electron chi connectivity index (χ0n) is 14.3. The predicted octanol–water partition coefficient (Wildman–Crippen LogP) is 3.64. The third-order valence-electron chi connectivity index (χ3n) is 4.08. The van der Waals surface area contributed by atoms with Crippen LogP contribution in [0.25, 0.3) is 0 Å². The molecule has 0 aliphatic heterocycles. The third-order valence-corrected chi connectivity index (χ3v) is 4.08. The first kappa shape index (κ1) is 17.1. The summed E-state index contributed by atoms with van der Waals surface area (Å²) < 4.78 is 5.19. The standard InChI is InChI=1S/C20H25NO2/c1-15-5-7-16(8-6-15)13-19(22)21-14-20(2,3)17-9-11-18(23-4)12-10-17/h5-12H,13-14H2,1-4H3,(H,21,22). The number of nitrogens with one attached hydrogen (secondary N) is 1. The van der Waals surface area contributed by atoms with Crippen molar-refractivity contribution in [2.75, 3.05) is 13.7 Å². The first-order valence-corrected chi connectivity index (χ1v) is 7.87. The van der Waals surface area contributed by atoms with Crippen LogP contribution < -0.4 is 10.1 Å². The molecule has 0 bridgehead atoms. The molecule has 3 heteroatoms. The monoisotopic (exact) mass is 311 g/mol. The number of benzene rings is 2. The summed E-state index contributed by atoms with van der Waals surface area (Å²) in [7, 11) is 1.66. The second-order valence-electron chi connectivity index (χ2n) is 6.55. The van der Waals surface area contributed by atoms with Gasteiger partial charge in [-0.1, -0.05) is 55.8 Å². The Morgan fingerprint density at radius 1 is 1.04 bits per heavy atom. The van der Waals surface area contributed by atoms with E-state index >= 15 is 0 Å². The molecule has 0 aliphatic rings. The van der Waals surface area contributed by atoms with Crippen LogP contribution in [0, 0.1) is 6.92 Å². The Morgan fingerprint density at radius 3 is 2.22 bits per heavy atom. The van der Waals surface area contributed by atoms with Crippen molar-refractivity contribution < 1.29 is 9.53 Å². The van der Waals surface area contributed by atoms with Crippen LogP contribution in [-0.2, 0) is 16.6 Å². The zero-order chi connectivity index (χ0) is 16.9. The molecule has 0 saturated heterocycles. The number of ether oxygens (including phenoxy) is 1. The second-order valence-corrected chi connectivity index (χ2v) is 6.55. The Hall–Kier alpha value is -2.29. The minimum atomic E-state index is -0.130. The van der Waals surface area contributed by atoms with E-state index in [2.05, 4.69) is 19.2 Å². The van der Waals surface area contributed by atoms with Crippen molar-refractivity contribution in [1.29, 1.82) is 0 Å².